The summed E-state index contributed by atoms with van der Waals surface area (Å²) in [7, 11) is -10.3. The van der Waals surface area contributed by atoms with Crippen LogP contribution in [0, 0.1) is 0 Å². The van der Waals surface area contributed by atoms with Crippen molar-refractivity contribution in [1.29, 1.82) is 0 Å². The Hall–Kier alpha value is -0.310. The Labute approximate surface area is 153 Å². The molecule has 0 amide bonds. The maximum absolute atomic E-state index is 11.7. The topological polar surface area (TPSA) is 149 Å². The van der Waals surface area contributed by atoms with Crippen LogP contribution in [0.4, 0.5) is 4.79 Å². The van der Waals surface area contributed by atoms with Crippen molar-refractivity contribution < 1.29 is 47.1 Å². The van der Waals surface area contributed by atoms with Gasteiger partial charge in [-0.1, -0.05) is 39.5 Å². The molecule has 26 heavy (non-hydrogen) atoms. The van der Waals surface area contributed by atoms with Gasteiger partial charge in [-0.3, -0.25) is 14.3 Å². The average Bonchev–Trinajstić information content (AvgIpc) is 2.54. The molecule has 0 bridgehead atoms. The van der Waals surface area contributed by atoms with E-state index < -0.39 is 33.8 Å². The summed E-state index contributed by atoms with van der Waals surface area (Å²) < 4.78 is 41.5. The van der Waals surface area contributed by atoms with Crippen LogP contribution >= 0.6 is 15.4 Å². The van der Waals surface area contributed by atoms with Crippen LogP contribution in [0.5, 0.6) is 0 Å². The number of phosphoric ester groups is 1. The van der Waals surface area contributed by atoms with Gasteiger partial charge in [0.05, 0.1) is 13.2 Å². The van der Waals surface area contributed by atoms with E-state index in [4.69, 9.17) is 19.3 Å². The number of hydrogen-bond acceptors (Lipinski definition) is 7. The van der Waals surface area contributed by atoms with E-state index >= 15 is 0 Å². The minimum atomic E-state index is -5.24. The van der Waals surface area contributed by atoms with Crippen molar-refractivity contribution in [2.45, 2.75) is 58.5 Å². The fraction of sp³-hybridized carbons (Fsp3) is 0.929. The zero-order chi connectivity index (χ0) is 20.1. The third-order valence-corrected chi connectivity index (χ3v) is 4.76. The molecule has 156 valence electrons. The molecule has 0 saturated carbocycles. The summed E-state index contributed by atoms with van der Waals surface area (Å²) in [5, 5.41) is 0. The minimum Gasteiger partial charge on any atom is -0.379 e. The third-order valence-electron chi connectivity index (χ3n) is 3.16. The van der Waals surface area contributed by atoms with E-state index in [1.807, 2.05) is 6.92 Å². The van der Waals surface area contributed by atoms with Crippen LogP contribution in [0.3, 0.4) is 0 Å². The van der Waals surface area contributed by atoms with Gasteiger partial charge in [-0.25, -0.2) is 13.9 Å². The van der Waals surface area contributed by atoms with Crippen molar-refractivity contribution in [1.82, 2.24) is 0 Å². The molecule has 0 aromatic heterocycles. The van der Waals surface area contributed by atoms with Crippen LogP contribution in [-0.2, 0) is 27.7 Å². The highest BCUT2D eigenvalue weighted by atomic mass is 31.2. The van der Waals surface area contributed by atoms with Crippen molar-refractivity contribution in [2.24, 2.45) is 0 Å². The molecule has 12 heteroatoms. The Morgan fingerprint density at radius 1 is 0.923 bits per heavy atom. The Morgan fingerprint density at radius 2 is 1.50 bits per heavy atom. The third kappa shape index (κ3) is 13.8. The molecular weight excluding hydrogens is 390 g/mol. The molecule has 0 rings (SSSR count). The number of unbranched alkanes of at least 4 members (excludes halogenated alkanes) is 4. The summed E-state index contributed by atoms with van der Waals surface area (Å²) in [4.78, 5) is 37.8. The SMILES string of the molecule is CCCCCOC[C@H](COP(=O)(O)C(=O)OP(=O)(O)O)OCCCCC. The monoisotopic (exact) mass is 420 g/mol. The second-order valence-electron chi connectivity index (χ2n) is 5.65. The Morgan fingerprint density at radius 3 is 2.04 bits per heavy atom. The van der Waals surface area contributed by atoms with Crippen LogP contribution in [0.25, 0.3) is 0 Å². The predicted molar refractivity (Wildman–Crippen MR) is 93.9 cm³/mol. The van der Waals surface area contributed by atoms with E-state index in [0.29, 0.717) is 13.2 Å². The molecule has 10 nitrogen and oxygen atoms in total. The highest BCUT2D eigenvalue weighted by molar-refractivity contribution is 7.71. The lowest BCUT2D eigenvalue weighted by atomic mass is 10.2. The van der Waals surface area contributed by atoms with Crippen molar-refractivity contribution in [3.05, 3.63) is 0 Å². The van der Waals surface area contributed by atoms with Crippen molar-refractivity contribution in [2.75, 3.05) is 26.4 Å². The predicted octanol–water partition coefficient (Wildman–Crippen LogP) is 3.20. The first-order valence-electron chi connectivity index (χ1n) is 8.58. The number of hydrogen-bond donors (Lipinski definition) is 3. The first kappa shape index (κ1) is 25.7. The smallest absolute Gasteiger partial charge is 0.379 e. The van der Waals surface area contributed by atoms with Crippen LogP contribution < -0.4 is 0 Å². The van der Waals surface area contributed by atoms with Gasteiger partial charge in [0.1, 0.15) is 6.10 Å². The number of phosphoric acid groups is 1. The maximum atomic E-state index is 11.7. The van der Waals surface area contributed by atoms with Gasteiger partial charge in [-0.05, 0) is 12.8 Å². The molecule has 0 spiro atoms. The highest BCUT2D eigenvalue weighted by Gasteiger charge is 2.38. The average molecular weight is 420 g/mol. The van der Waals surface area contributed by atoms with Gasteiger partial charge in [-0.2, -0.15) is 0 Å². The van der Waals surface area contributed by atoms with E-state index in [0.717, 1.165) is 38.5 Å². The van der Waals surface area contributed by atoms with Crippen LogP contribution in [0.2, 0.25) is 0 Å². The van der Waals surface area contributed by atoms with Crippen LogP contribution in [0.15, 0.2) is 0 Å². The number of carbonyl (C=O) groups excluding carboxylic acids is 1. The molecule has 0 saturated heterocycles. The molecule has 0 radical (unpaired) electrons. The van der Waals surface area contributed by atoms with Gasteiger partial charge < -0.3 is 18.9 Å². The molecule has 0 heterocycles. The molecule has 2 atom stereocenters. The Bertz CT molecular complexity index is 478. The van der Waals surface area contributed by atoms with Crippen molar-refractivity contribution >= 4 is 21.1 Å². The molecule has 0 aliphatic rings. The summed E-state index contributed by atoms with van der Waals surface area (Å²) >= 11 is 0. The Kier molecular flexibility index (Phi) is 13.6. The maximum Gasteiger partial charge on any atom is 0.527 e. The second kappa shape index (κ2) is 13.8. The lowest BCUT2D eigenvalue weighted by Gasteiger charge is -2.19. The highest BCUT2D eigenvalue weighted by Crippen LogP contribution is 2.50. The van der Waals surface area contributed by atoms with Gasteiger partial charge in [0.2, 0.25) is 0 Å². The zero-order valence-electron chi connectivity index (χ0n) is 15.2. The molecule has 0 aliphatic carbocycles. The van der Waals surface area contributed by atoms with Crippen LogP contribution in [-0.4, -0.2) is 52.9 Å². The van der Waals surface area contributed by atoms with Gasteiger partial charge in [0, 0.05) is 13.2 Å². The van der Waals surface area contributed by atoms with Crippen LogP contribution in [0.1, 0.15) is 52.4 Å². The van der Waals surface area contributed by atoms with Crippen molar-refractivity contribution in [3.63, 3.8) is 0 Å². The van der Waals surface area contributed by atoms with E-state index in [1.165, 1.54) is 0 Å². The van der Waals surface area contributed by atoms with E-state index in [-0.39, 0.29) is 6.61 Å². The van der Waals surface area contributed by atoms with Gasteiger partial charge in [0.25, 0.3) is 0 Å². The summed E-state index contributed by atoms with van der Waals surface area (Å²) in [6.45, 7) is 4.63. The summed E-state index contributed by atoms with van der Waals surface area (Å²) in [5.74, 6) is 0. The molecule has 0 aromatic carbocycles. The molecule has 3 N–H and O–H groups in total. The summed E-state index contributed by atoms with van der Waals surface area (Å²) in [6.07, 6.45) is 4.97. The molecule has 0 aromatic rings. The lowest BCUT2D eigenvalue weighted by molar-refractivity contribution is -0.0400. The first-order valence-corrected chi connectivity index (χ1v) is 11.7. The number of rotatable bonds is 16. The normalized spacial score (nSPS) is 15.4. The fourth-order valence-corrected chi connectivity index (χ4v) is 3.21. The lowest BCUT2D eigenvalue weighted by Crippen LogP contribution is -2.26. The minimum absolute atomic E-state index is 0.101. The number of ether oxygens (including phenoxy) is 2. The molecule has 1 unspecified atom stereocenters. The summed E-state index contributed by atoms with van der Waals surface area (Å²) in [6, 6.07) is 0. The first-order chi connectivity index (χ1) is 12.1. The Balaban J connectivity index is 4.49. The van der Waals surface area contributed by atoms with Gasteiger partial charge in [-0.15, -0.1) is 0 Å². The number of carbonyl (C=O) groups is 1. The second-order valence-corrected chi connectivity index (χ2v) is 8.47. The van der Waals surface area contributed by atoms with Gasteiger partial charge >= 0.3 is 21.1 Å². The molecule has 0 fully saturated rings. The largest absolute Gasteiger partial charge is 0.527 e. The fourth-order valence-electron chi connectivity index (χ4n) is 1.81. The molecular formula is C14H30O10P2. The van der Waals surface area contributed by atoms with E-state index in [9.17, 15) is 18.8 Å². The zero-order valence-corrected chi connectivity index (χ0v) is 17.0. The van der Waals surface area contributed by atoms with E-state index in [2.05, 4.69) is 16.0 Å². The van der Waals surface area contributed by atoms with E-state index in [1.54, 1.807) is 0 Å². The summed E-state index contributed by atoms with van der Waals surface area (Å²) in [5.41, 5.74) is -2.01. The van der Waals surface area contributed by atoms with Crippen molar-refractivity contribution in [3.8, 4) is 0 Å². The molecule has 0 aliphatic heterocycles. The standard InChI is InChI=1S/C14H30O10P2/c1-3-5-7-9-21-11-13(22-10-8-6-4-2)12-23-25(16,17)14(15)24-26(18,19)20/h13H,3-12H2,1-2H3,(H,16,17)(H2,18,19,20)/t13-/m1/s1. The quantitative estimate of drug-likeness (QED) is 0.251. The van der Waals surface area contributed by atoms with Gasteiger partial charge in [0.15, 0.2) is 0 Å².